The number of rotatable bonds is 5. The van der Waals surface area contributed by atoms with Gasteiger partial charge in [-0.1, -0.05) is 13.0 Å². The summed E-state index contributed by atoms with van der Waals surface area (Å²) in [4.78, 5) is 7.87. The molecular formula is C13H17N5O2. The van der Waals surface area contributed by atoms with Crippen molar-refractivity contribution in [3.63, 3.8) is 0 Å². The highest BCUT2D eigenvalue weighted by Gasteiger charge is 2.09. The van der Waals surface area contributed by atoms with Crippen LogP contribution in [0.4, 0.5) is 11.8 Å². The average molecular weight is 275 g/mol. The van der Waals surface area contributed by atoms with Gasteiger partial charge in [-0.05, 0) is 24.1 Å². The second kappa shape index (κ2) is 6.07. The Bertz CT molecular complexity index is 603. The van der Waals surface area contributed by atoms with Crippen molar-refractivity contribution in [2.24, 2.45) is 5.84 Å². The molecule has 5 N–H and O–H groups in total. The van der Waals surface area contributed by atoms with Crippen molar-refractivity contribution < 1.29 is 9.47 Å². The Hall–Kier alpha value is -2.54. The standard InChI is InChI=1S/C13H17N5O2/c1-3-8-4-5-9(10(6-8)19-2)20-12-7-11(18-15)16-13(14)17-12/h4-7H,3,15H2,1-2H3,(H3,14,16,17,18). The maximum Gasteiger partial charge on any atom is 0.226 e. The molecule has 1 aromatic carbocycles. The van der Waals surface area contributed by atoms with Crippen molar-refractivity contribution in [1.29, 1.82) is 0 Å². The summed E-state index contributed by atoms with van der Waals surface area (Å²) in [7, 11) is 1.59. The van der Waals surface area contributed by atoms with E-state index in [2.05, 4.69) is 22.3 Å². The SMILES string of the molecule is CCc1ccc(Oc2cc(NN)nc(N)n2)c(OC)c1. The van der Waals surface area contributed by atoms with Crippen molar-refractivity contribution in [1.82, 2.24) is 9.97 Å². The zero-order chi connectivity index (χ0) is 14.5. The van der Waals surface area contributed by atoms with Crippen molar-refractivity contribution in [3.8, 4) is 17.4 Å². The van der Waals surface area contributed by atoms with Gasteiger partial charge in [0.25, 0.3) is 0 Å². The topological polar surface area (TPSA) is 108 Å². The van der Waals surface area contributed by atoms with Gasteiger partial charge in [-0.2, -0.15) is 9.97 Å². The quantitative estimate of drug-likeness (QED) is 0.563. The van der Waals surface area contributed by atoms with Crippen LogP contribution in [0, 0.1) is 0 Å². The van der Waals surface area contributed by atoms with Gasteiger partial charge in [0.05, 0.1) is 7.11 Å². The lowest BCUT2D eigenvalue weighted by Crippen LogP contribution is -2.10. The number of aromatic nitrogens is 2. The van der Waals surface area contributed by atoms with Crippen LogP contribution in [-0.2, 0) is 6.42 Å². The lowest BCUT2D eigenvalue weighted by Gasteiger charge is -2.11. The van der Waals surface area contributed by atoms with Gasteiger partial charge in [0, 0.05) is 6.07 Å². The van der Waals surface area contributed by atoms with E-state index in [1.165, 1.54) is 0 Å². The highest BCUT2D eigenvalue weighted by atomic mass is 16.5. The van der Waals surface area contributed by atoms with E-state index in [1.54, 1.807) is 13.2 Å². The van der Waals surface area contributed by atoms with Crippen LogP contribution in [0.1, 0.15) is 12.5 Å². The number of benzene rings is 1. The first kappa shape index (κ1) is 13.9. The summed E-state index contributed by atoms with van der Waals surface area (Å²) < 4.78 is 11.0. The lowest BCUT2D eigenvalue weighted by molar-refractivity contribution is 0.373. The molecule has 0 spiro atoms. The molecule has 0 unspecified atom stereocenters. The molecule has 1 aromatic heterocycles. The molecule has 7 nitrogen and oxygen atoms in total. The van der Waals surface area contributed by atoms with E-state index in [4.69, 9.17) is 21.1 Å². The van der Waals surface area contributed by atoms with Crippen molar-refractivity contribution >= 4 is 11.8 Å². The first-order valence-corrected chi connectivity index (χ1v) is 6.12. The van der Waals surface area contributed by atoms with E-state index < -0.39 is 0 Å². The number of nitrogens with one attached hydrogen (secondary N) is 1. The number of nitrogen functional groups attached to an aromatic ring is 2. The van der Waals surface area contributed by atoms with Gasteiger partial charge in [0.1, 0.15) is 5.82 Å². The van der Waals surface area contributed by atoms with Gasteiger partial charge >= 0.3 is 0 Å². The minimum Gasteiger partial charge on any atom is -0.493 e. The van der Waals surface area contributed by atoms with Crippen LogP contribution >= 0.6 is 0 Å². The predicted octanol–water partition coefficient (Wildman–Crippen LogP) is 1.71. The molecule has 106 valence electrons. The molecule has 0 aliphatic rings. The Morgan fingerprint density at radius 3 is 2.65 bits per heavy atom. The van der Waals surface area contributed by atoms with E-state index >= 15 is 0 Å². The normalized spacial score (nSPS) is 10.2. The molecule has 1 heterocycles. The number of aryl methyl sites for hydroxylation is 1. The van der Waals surface area contributed by atoms with E-state index in [-0.39, 0.29) is 11.8 Å². The van der Waals surface area contributed by atoms with E-state index in [0.717, 1.165) is 12.0 Å². The number of hydrogen-bond acceptors (Lipinski definition) is 7. The van der Waals surface area contributed by atoms with Crippen molar-refractivity contribution in [3.05, 3.63) is 29.8 Å². The lowest BCUT2D eigenvalue weighted by atomic mass is 10.1. The predicted molar refractivity (Wildman–Crippen MR) is 76.7 cm³/mol. The monoisotopic (exact) mass is 275 g/mol. The summed E-state index contributed by atoms with van der Waals surface area (Å²) in [6.07, 6.45) is 0.915. The average Bonchev–Trinajstić information content (AvgIpc) is 2.47. The summed E-state index contributed by atoms with van der Waals surface area (Å²) >= 11 is 0. The fraction of sp³-hybridized carbons (Fsp3) is 0.231. The van der Waals surface area contributed by atoms with Crippen LogP contribution in [0.2, 0.25) is 0 Å². The highest BCUT2D eigenvalue weighted by molar-refractivity contribution is 5.47. The van der Waals surface area contributed by atoms with E-state index in [1.807, 2.05) is 18.2 Å². The third-order valence-corrected chi connectivity index (χ3v) is 2.72. The molecule has 0 radical (unpaired) electrons. The van der Waals surface area contributed by atoms with Crippen molar-refractivity contribution in [2.45, 2.75) is 13.3 Å². The minimum atomic E-state index is 0.0691. The van der Waals surface area contributed by atoms with Crippen molar-refractivity contribution in [2.75, 3.05) is 18.3 Å². The fourth-order valence-electron chi connectivity index (χ4n) is 1.70. The Balaban J connectivity index is 2.31. The van der Waals surface area contributed by atoms with Gasteiger partial charge in [-0.3, -0.25) is 0 Å². The molecule has 0 bridgehead atoms. The van der Waals surface area contributed by atoms with E-state index in [0.29, 0.717) is 17.3 Å². The van der Waals surface area contributed by atoms with Crippen LogP contribution in [0.25, 0.3) is 0 Å². The highest BCUT2D eigenvalue weighted by Crippen LogP contribution is 2.32. The summed E-state index contributed by atoms with van der Waals surface area (Å²) in [5, 5.41) is 0. The Kier molecular flexibility index (Phi) is 4.21. The van der Waals surface area contributed by atoms with Gasteiger partial charge in [0.15, 0.2) is 11.5 Å². The first-order chi connectivity index (χ1) is 9.66. The van der Waals surface area contributed by atoms with Crippen LogP contribution in [0.15, 0.2) is 24.3 Å². The summed E-state index contributed by atoms with van der Waals surface area (Å²) in [6.45, 7) is 2.07. The largest absolute Gasteiger partial charge is 0.493 e. The second-order valence-corrected chi connectivity index (χ2v) is 4.03. The number of nitrogens with two attached hydrogens (primary N) is 2. The third-order valence-electron chi connectivity index (χ3n) is 2.72. The van der Waals surface area contributed by atoms with Gasteiger partial charge in [-0.15, -0.1) is 0 Å². The number of hydrogen-bond donors (Lipinski definition) is 3. The zero-order valence-electron chi connectivity index (χ0n) is 11.4. The number of methoxy groups -OCH3 is 1. The zero-order valence-corrected chi connectivity index (χ0v) is 11.4. The first-order valence-electron chi connectivity index (χ1n) is 6.12. The third kappa shape index (κ3) is 3.07. The summed E-state index contributed by atoms with van der Waals surface area (Å²) in [5.41, 5.74) is 9.13. The van der Waals surface area contributed by atoms with Crippen LogP contribution in [0.3, 0.4) is 0 Å². The molecule has 0 atom stereocenters. The number of hydrazine groups is 1. The second-order valence-electron chi connectivity index (χ2n) is 4.03. The molecule has 2 rings (SSSR count). The fourth-order valence-corrected chi connectivity index (χ4v) is 1.70. The minimum absolute atomic E-state index is 0.0691. The maximum absolute atomic E-state index is 5.67. The summed E-state index contributed by atoms with van der Waals surface area (Å²) in [6, 6.07) is 7.25. The Labute approximate surface area is 116 Å². The number of nitrogens with zero attached hydrogens (tertiary/aromatic N) is 2. The molecule has 0 saturated heterocycles. The molecule has 0 aliphatic carbocycles. The molecular weight excluding hydrogens is 258 g/mol. The molecule has 7 heteroatoms. The van der Waals surface area contributed by atoms with Crippen LogP contribution < -0.4 is 26.5 Å². The van der Waals surface area contributed by atoms with Gasteiger partial charge in [0.2, 0.25) is 11.8 Å². The molecule has 0 saturated carbocycles. The van der Waals surface area contributed by atoms with Gasteiger partial charge < -0.3 is 20.6 Å². The Morgan fingerprint density at radius 2 is 2.00 bits per heavy atom. The number of ether oxygens (including phenoxy) is 2. The molecule has 0 amide bonds. The van der Waals surface area contributed by atoms with Crippen LogP contribution in [0.5, 0.6) is 17.4 Å². The maximum atomic E-state index is 5.67. The van der Waals surface area contributed by atoms with Gasteiger partial charge in [-0.25, -0.2) is 5.84 Å². The Morgan fingerprint density at radius 1 is 1.20 bits per heavy atom. The van der Waals surface area contributed by atoms with Crippen LogP contribution in [-0.4, -0.2) is 17.1 Å². The smallest absolute Gasteiger partial charge is 0.226 e. The molecule has 2 aromatic rings. The molecule has 20 heavy (non-hydrogen) atoms. The molecule has 0 aliphatic heterocycles. The summed E-state index contributed by atoms with van der Waals surface area (Å²) in [5.74, 6) is 7.20. The number of anilines is 2. The van der Waals surface area contributed by atoms with E-state index in [9.17, 15) is 0 Å². The molecule has 0 fully saturated rings.